The fourth-order valence-corrected chi connectivity index (χ4v) is 4.30. The Labute approximate surface area is 115 Å². The fourth-order valence-electron chi connectivity index (χ4n) is 4.30. The summed E-state index contributed by atoms with van der Waals surface area (Å²) in [5, 5.41) is 13.4. The number of carboxylic acid groups (broad SMARTS) is 1. The molecule has 108 valence electrons. The van der Waals surface area contributed by atoms with Crippen LogP contribution in [0.4, 0.5) is 0 Å². The standard InChI is InChI=1S/C15H26N2O2/c18-14(19)15(8-10-17-9-7-12(15)11-17)16-13-5-3-1-2-4-6-13/h12-13,16H,1-11H2,(H,18,19). The predicted octanol–water partition coefficient (Wildman–Crippen LogP) is 1.85. The molecule has 0 radical (unpaired) electrons. The Bertz CT molecular complexity index is 339. The highest BCUT2D eigenvalue weighted by atomic mass is 16.4. The van der Waals surface area contributed by atoms with Crippen LogP contribution < -0.4 is 5.32 Å². The number of nitrogens with zero attached hydrogens (tertiary/aromatic N) is 1. The average molecular weight is 266 g/mol. The number of carboxylic acids is 1. The number of hydrogen-bond acceptors (Lipinski definition) is 3. The third-order valence-electron chi connectivity index (χ3n) is 5.49. The van der Waals surface area contributed by atoms with Crippen LogP contribution >= 0.6 is 0 Å². The van der Waals surface area contributed by atoms with E-state index < -0.39 is 11.5 Å². The number of aliphatic carboxylic acids is 1. The summed E-state index contributed by atoms with van der Waals surface area (Å²) in [6.45, 7) is 3.01. The van der Waals surface area contributed by atoms with Crippen molar-refractivity contribution in [2.75, 3.05) is 19.6 Å². The molecule has 2 heterocycles. The number of carbonyl (C=O) groups is 1. The number of hydrogen-bond donors (Lipinski definition) is 2. The van der Waals surface area contributed by atoms with Crippen molar-refractivity contribution in [1.82, 2.24) is 10.2 Å². The molecule has 3 rings (SSSR count). The molecule has 4 heteroatoms. The van der Waals surface area contributed by atoms with Crippen molar-refractivity contribution in [3.63, 3.8) is 0 Å². The van der Waals surface area contributed by atoms with Crippen LogP contribution in [0.3, 0.4) is 0 Å². The molecule has 3 unspecified atom stereocenters. The van der Waals surface area contributed by atoms with Crippen LogP contribution in [-0.2, 0) is 4.79 Å². The van der Waals surface area contributed by atoms with Crippen LogP contribution in [0, 0.1) is 5.92 Å². The highest BCUT2D eigenvalue weighted by Crippen LogP contribution is 2.37. The van der Waals surface area contributed by atoms with Gasteiger partial charge in [0.2, 0.25) is 0 Å². The van der Waals surface area contributed by atoms with Crippen molar-refractivity contribution in [1.29, 1.82) is 0 Å². The van der Waals surface area contributed by atoms with Crippen molar-refractivity contribution in [3.05, 3.63) is 0 Å². The van der Waals surface area contributed by atoms with Gasteiger partial charge in [0.25, 0.3) is 0 Å². The smallest absolute Gasteiger partial charge is 0.324 e. The summed E-state index contributed by atoms with van der Waals surface area (Å²) in [6.07, 6.45) is 9.28. The second-order valence-electron chi connectivity index (χ2n) is 6.65. The molecule has 3 atom stereocenters. The second kappa shape index (κ2) is 5.41. The third-order valence-corrected chi connectivity index (χ3v) is 5.49. The van der Waals surface area contributed by atoms with Crippen molar-refractivity contribution >= 4 is 5.97 Å². The molecule has 2 N–H and O–H groups in total. The SMILES string of the molecule is O=C(O)C1(NC2CCCCCC2)CCN2CCC1C2. The third kappa shape index (κ3) is 2.52. The number of nitrogens with one attached hydrogen (secondary N) is 1. The zero-order valence-electron chi connectivity index (χ0n) is 11.7. The number of piperidine rings is 1. The van der Waals surface area contributed by atoms with E-state index in [1.807, 2.05) is 0 Å². The molecule has 1 aliphatic carbocycles. The van der Waals surface area contributed by atoms with Gasteiger partial charge in [-0.25, -0.2) is 0 Å². The Morgan fingerprint density at radius 1 is 1.11 bits per heavy atom. The molecular formula is C15H26N2O2. The Balaban J connectivity index is 1.74. The maximum atomic E-state index is 11.9. The van der Waals surface area contributed by atoms with Gasteiger partial charge in [-0.15, -0.1) is 0 Å². The molecule has 4 nitrogen and oxygen atoms in total. The van der Waals surface area contributed by atoms with E-state index in [-0.39, 0.29) is 0 Å². The first kappa shape index (κ1) is 13.4. The van der Waals surface area contributed by atoms with E-state index in [2.05, 4.69) is 10.2 Å². The van der Waals surface area contributed by atoms with E-state index in [1.165, 1.54) is 25.7 Å². The number of fused-ring (bicyclic) bond motifs is 2. The summed E-state index contributed by atoms with van der Waals surface area (Å²) < 4.78 is 0. The van der Waals surface area contributed by atoms with Gasteiger partial charge in [0.15, 0.2) is 0 Å². The van der Waals surface area contributed by atoms with Crippen molar-refractivity contribution in [2.24, 2.45) is 5.92 Å². The van der Waals surface area contributed by atoms with E-state index in [0.29, 0.717) is 12.0 Å². The monoisotopic (exact) mass is 266 g/mol. The van der Waals surface area contributed by atoms with Gasteiger partial charge in [-0.2, -0.15) is 0 Å². The van der Waals surface area contributed by atoms with E-state index >= 15 is 0 Å². The van der Waals surface area contributed by atoms with Gasteiger partial charge in [0.1, 0.15) is 5.54 Å². The largest absolute Gasteiger partial charge is 0.480 e. The first-order valence-electron chi connectivity index (χ1n) is 7.94. The lowest BCUT2D eigenvalue weighted by atomic mass is 9.77. The molecule has 0 aromatic carbocycles. The average Bonchev–Trinajstić information content (AvgIpc) is 2.62. The molecule has 0 spiro atoms. The van der Waals surface area contributed by atoms with Crippen LogP contribution in [0.15, 0.2) is 0 Å². The Hall–Kier alpha value is -0.610. The lowest BCUT2D eigenvalue weighted by molar-refractivity contribution is -0.149. The van der Waals surface area contributed by atoms with E-state index in [1.54, 1.807) is 0 Å². The summed E-state index contributed by atoms with van der Waals surface area (Å²) in [5.74, 6) is -0.301. The summed E-state index contributed by atoms with van der Waals surface area (Å²) in [4.78, 5) is 14.4. The molecule has 19 heavy (non-hydrogen) atoms. The minimum atomic E-state index is -0.637. The van der Waals surface area contributed by atoms with E-state index in [0.717, 1.165) is 45.3 Å². The minimum absolute atomic E-state index is 0.307. The molecular weight excluding hydrogens is 240 g/mol. The highest BCUT2D eigenvalue weighted by Gasteiger charge is 2.52. The minimum Gasteiger partial charge on any atom is -0.480 e. The molecule has 0 amide bonds. The van der Waals surface area contributed by atoms with Gasteiger partial charge >= 0.3 is 5.97 Å². The highest BCUT2D eigenvalue weighted by molar-refractivity contribution is 5.79. The number of rotatable bonds is 3. The van der Waals surface area contributed by atoms with Crippen LogP contribution in [0.2, 0.25) is 0 Å². The quantitative estimate of drug-likeness (QED) is 0.766. The van der Waals surface area contributed by atoms with Crippen molar-refractivity contribution in [3.8, 4) is 0 Å². The molecule has 3 aliphatic rings. The van der Waals surface area contributed by atoms with Gasteiger partial charge in [-0.3, -0.25) is 10.1 Å². The summed E-state index contributed by atoms with van der Waals surface area (Å²) in [7, 11) is 0. The zero-order chi connectivity index (χ0) is 13.3. The van der Waals surface area contributed by atoms with Crippen molar-refractivity contribution < 1.29 is 9.90 Å². The normalized spacial score (nSPS) is 40.0. The maximum absolute atomic E-state index is 11.9. The first-order valence-corrected chi connectivity index (χ1v) is 7.94. The molecule has 3 fully saturated rings. The van der Waals surface area contributed by atoms with Crippen LogP contribution in [0.1, 0.15) is 51.4 Å². The Morgan fingerprint density at radius 3 is 2.53 bits per heavy atom. The van der Waals surface area contributed by atoms with E-state index in [9.17, 15) is 9.90 Å². The Morgan fingerprint density at radius 2 is 1.84 bits per heavy atom. The molecule has 1 saturated carbocycles. The molecule has 0 aromatic heterocycles. The summed E-state index contributed by atoms with van der Waals surface area (Å²) in [5.41, 5.74) is -0.637. The molecule has 2 bridgehead atoms. The molecule has 0 aromatic rings. The summed E-state index contributed by atoms with van der Waals surface area (Å²) >= 11 is 0. The van der Waals surface area contributed by atoms with Gasteiger partial charge < -0.3 is 10.0 Å². The predicted molar refractivity (Wildman–Crippen MR) is 74.2 cm³/mol. The van der Waals surface area contributed by atoms with Crippen molar-refractivity contribution in [2.45, 2.75) is 62.9 Å². The summed E-state index contributed by atoms with van der Waals surface area (Å²) in [6, 6.07) is 0.422. The topological polar surface area (TPSA) is 52.6 Å². The van der Waals surface area contributed by atoms with E-state index in [4.69, 9.17) is 0 Å². The lowest BCUT2D eigenvalue weighted by Gasteiger charge is -2.42. The van der Waals surface area contributed by atoms with Gasteiger partial charge in [-0.05, 0) is 32.2 Å². The second-order valence-corrected chi connectivity index (χ2v) is 6.65. The van der Waals surface area contributed by atoms with Gasteiger partial charge in [-0.1, -0.05) is 25.7 Å². The first-order chi connectivity index (χ1) is 9.21. The Kier molecular flexibility index (Phi) is 3.81. The molecule has 2 saturated heterocycles. The van der Waals surface area contributed by atoms with Crippen LogP contribution in [0.25, 0.3) is 0 Å². The van der Waals surface area contributed by atoms with Crippen LogP contribution in [0.5, 0.6) is 0 Å². The molecule has 2 aliphatic heterocycles. The van der Waals surface area contributed by atoms with Gasteiger partial charge in [0, 0.05) is 25.0 Å². The fraction of sp³-hybridized carbons (Fsp3) is 0.933. The van der Waals surface area contributed by atoms with Crippen LogP contribution in [-0.4, -0.2) is 47.2 Å². The maximum Gasteiger partial charge on any atom is 0.324 e. The zero-order valence-corrected chi connectivity index (χ0v) is 11.7. The lowest BCUT2D eigenvalue weighted by Crippen LogP contribution is -2.63. The van der Waals surface area contributed by atoms with Gasteiger partial charge in [0.05, 0.1) is 0 Å².